The van der Waals surface area contributed by atoms with Gasteiger partial charge < -0.3 is 20.9 Å². The molecule has 0 heterocycles. The fourth-order valence-corrected chi connectivity index (χ4v) is 4.59. The van der Waals surface area contributed by atoms with Gasteiger partial charge in [0.1, 0.15) is 11.9 Å². The predicted molar refractivity (Wildman–Crippen MR) is 159 cm³/mol. The number of hydrogen-bond donors (Lipinski definition) is 4. The summed E-state index contributed by atoms with van der Waals surface area (Å²) >= 11 is 3.77. The van der Waals surface area contributed by atoms with Crippen LogP contribution in [-0.2, 0) is 9.53 Å². The van der Waals surface area contributed by atoms with Crippen molar-refractivity contribution in [2.75, 3.05) is 22.6 Å². The molecule has 7 nitrogen and oxygen atoms in total. The van der Waals surface area contributed by atoms with Crippen LogP contribution in [0, 0.1) is 9.49 Å². The van der Waals surface area contributed by atoms with Crippen molar-refractivity contribution in [1.29, 1.82) is 0 Å². The molecule has 0 fully saturated rings. The van der Waals surface area contributed by atoms with Crippen molar-refractivity contribution in [2.45, 2.75) is 30.8 Å². The Balaban J connectivity index is 1.65. The maximum Gasteiger partial charge on any atom is 0.412 e. The zero-order valence-corrected chi connectivity index (χ0v) is 23.6. The number of nitrogens with two attached hydrogens (primary N) is 1. The molecule has 0 spiro atoms. The molecule has 0 saturated carbocycles. The highest BCUT2D eigenvalue weighted by Crippen LogP contribution is 2.36. The molecule has 0 saturated heterocycles. The van der Waals surface area contributed by atoms with E-state index in [1.165, 1.54) is 6.08 Å². The number of aromatic hydroxyl groups is 1. The Morgan fingerprint density at radius 2 is 1.84 bits per heavy atom. The predicted octanol–water partition coefficient (Wildman–Crippen LogP) is 7.20. The Hall–Kier alpha value is -3.18. The van der Waals surface area contributed by atoms with E-state index in [1.54, 1.807) is 54.2 Å². The van der Waals surface area contributed by atoms with E-state index in [1.807, 2.05) is 43.5 Å². The van der Waals surface area contributed by atoms with E-state index in [2.05, 4.69) is 33.2 Å². The lowest BCUT2D eigenvalue weighted by Crippen LogP contribution is -2.22. The third-order valence-corrected chi connectivity index (χ3v) is 7.07. The van der Waals surface area contributed by atoms with Gasteiger partial charge in [0.25, 0.3) is 0 Å². The fraction of sp³-hybridized carbons (Fsp3) is 0.214. The molecule has 0 radical (unpaired) electrons. The number of para-hydroxylation sites is 2. The molecule has 0 aliphatic rings. The van der Waals surface area contributed by atoms with Gasteiger partial charge in [0.05, 0.1) is 11.4 Å². The van der Waals surface area contributed by atoms with Gasteiger partial charge in [-0.25, -0.2) is 4.79 Å². The Morgan fingerprint density at radius 1 is 1.11 bits per heavy atom. The highest BCUT2D eigenvalue weighted by Gasteiger charge is 2.26. The molecule has 3 aromatic rings. The summed E-state index contributed by atoms with van der Waals surface area (Å²) in [5.74, 6) is -0.364. The second-order valence-corrected chi connectivity index (χ2v) is 10.5. The Morgan fingerprint density at radius 3 is 2.54 bits per heavy atom. The summed E-state index contributed by atoms with van der Waals surface area (Å²) in [6.07, 6.45) is 5.10. The number of halogens is 1. The van der Waals surface area contributed by atoms with Crippen LogP contribution in [0.3, 0.4) is 0 Å². The van der Waals surface area contributed by atoms with E-state index < -0.39 is 12.2 Å². The second kappa shape index (κ2) is 13.9. The number of carbonyl (C=O) groups is 2. The number of ether oxygens (including phenoxy) is 1. The van der Waals surface area contributed by atoms with E-state index >= 15 is 0 Å². The van der Waals surface area contributed by atoms with Crippen LogP contribution in [0.2, 0.25) is 0 Å². The SMILES string of the molecule is CSc1ccc(NC(=O)O[C@H](c2cc(I)ccc2O)[C@H](C)CC/C=C/C(=O)Nc2ccccc2N)cc1. The number of benzene rings is 3. The molecule has 3 rings (SSSR count). The largest absolute Gasteiger partial charge is 0.508 e. The molecule has 2 atom stereocenters. The van der Waals surface area contributed by atoms with E-state index in [9.17, 15) is 14.7 Å². The molecule has 0 aliphatic heterocycles. The van der Waals surface area contributed by atoms with Gasteiger partial charge in [-0.3, -0.25) is 10.1 Å². The number of thioether (sulfide) groups is 1. The van der Waals surface area contributed by atoms with Gasteiger partial charge in [0.2, 0.25) is 5.91 Å². The molecule has 0 aromatic heterocycles. The van der Waals surface area contributed by atoms with Crippen molar-refractivity contribution in [3.8, 4) is 5.75 Å². The Kier molecular flexibility index (Phi) is 10.7. The van der Waals surface area contributed by atoms with Gasteiger partial charge in [-0.2, -0.15) is 0 Å². The summed E-state index contributed by atoms with van der Waals surface area (Å²) < 4.78 is 6.74. The quantitative estimate of drug-likeness (QED) is 0.0815. The van der Waals surface area contributed by atoms with E-state index in [-0.39, 0.29) is 17.6 Å². The average molecular weight is 632 g/mol. The number of nitrogen functional groups attached to an aromatic ring is 1. The minimum Gasteiger partial charge on any atom is -0.508 e. The van der Waals surface area contributed by atoms with Crippen LogP contribution >= 0.6 is 34.4 Å². The summed E-state index contributed by atoms with van der Waals surface area (Å²) in [5, 5.41) is 16.0. The van der Waals surface area contributed by atoms with Crippen molar-refractivity contribution in [3.63, 3.8) is 0 Å². The topological polar surface area (TPSA) is 114 Å². The Bertz CT molecular complexity index is 1250. The van der Waals surface area contributed by atoms with E-state index in [0.29, 0.717) is 35.5 Å². The summed E-state index contributed by atoms with van der Waals surface area (Å²) in [4.78, 5) is 26.1. The molecule has 194 valence electrons. The molecule has 0 unspecified atom stereocenters. The van der Waals surface area contributed by atoms with Crippen molar-refractivity contribution in [3.05, 3.63) is 88.0 Å². The number of carbonyl (C=O) groups excluding carboxylic acids is 2. The van der Waals surface area contributed by atoms with Crippen LogP contribution in [0.15, 0.2) is 83.8 Å². The van der Waals surface area contributed by atoms with Gasteiger partial charge >= 0.3 is 6.09 Å². The fourth-order valence-electron chi connectivity index (χ4n) is 3.66. The average Bonchev–Trinajstić information content (AvgIpc) is 2.88. The van der Waals surface area contributed by atoms with Gasteiger partial charge in [-0.15, -0.1) is 11.8 Å². The normalized spacial score (nSPS) is 12.6. The molecule has 9 heteroatoms. The number of hydrogen-bond acceptors (Lipinski definition) is 6. The highest BCUT2D eigenvalue weighted by molar-refractivity contribution is 14.1. The summed E-state index contributed by atoms with van der Waals surface area (Å²) in [6.45, 7) is 1.95. The summed E-state index contributed by atoms with van der Waals surface area (Å²) in [6, 6.07) is 19.7. The first-order valence-electron chi connectivity index (χ1n) is 11.7. The van der Waals surface area contributed by atoms with Crippen LogP contribution in [0.25, 0.3) is 0 Å². The number of allylic oxidation sites excluding steroid dienone is 1. The molecule has 0 bridgehead atoms. The first-order chi connectivity index (χ1) is 17.8. The number of rotatable bonds is 10. The van der Waals surface area contributed by atoms with E-state index in [4.69, 9.17) is 10.5 Å². The summed E-state index contributed by atoms with van der Waals surface area (Å²) in [5.41, 5.74) is 8.08. The molecule has 2 amide bonds. The van der Waals surface area contributed by atoms with Gasteiger partial charge in [0, 0.05) is 19.7 Å². The number of nitrogens with one attached hydrogen (secondary N) is 2. The summed E-state index contributed by atoms with van der Waals surface area (Å²) in [7, 11) is 0. The number of amides is 2. The molecule has 0 aliphatic carbocycles. The van der Waals surface area contributed by atoms with Crippen molar-refractivity contribution in [1.82, 2.24) is 0 Å². The lowest BCUT2D eigenvalue weighted by atomic mass is 9.92. The lowest BCUT2D eigenvalue weighted by Gasteiger charge is -2.25. The zero-order chi connectivity index (χ0) is 26.8. The second-order valence-electron chi connectivity index (χ2n) is 8.42. The first kappa shape index (κ1) is 28.4. The first-order valence-corrected chi connectivity index (χ1v) is 14.0. The smallest absolute Gasteiger partial charge is 0.412 e. The number of anilines is 3. The standard InChI is InChI=1S/C28H30IN3O4S/c1-18(7-3-6-10-26(34)32-24-9-5-4-8-23(24)30)27(22-17-19(29)11-16-25(22)33)36-28(35)31-20-12-14-21(37-2)15-13-20/h4-6,8-18,27,33H,3,7,30H2,1-2H3,(H,31,35)(H,32,34)/b10-6+/t18-,27+/m1/s1. The van der Waals surface area contributed by atoms with Crippen molar-refractivity contribution >= 4 is 63.4 Å². The maximum atomic E-state index is 12.8. The molecular weight excluding hydrogens is 601 g/mol. The lowest BCUT2D eigenvalue weighted by molar-refractivity contribution is -0.111. The minimum absolute atomic E-state index is 0.0600. The van der Waals surface area contributed by atoms with Crippen molar-refractivity contribution < 1.29 is 19.4 Å². The van der Waals surface area contributed by atoms with Crippen LogP contribution < -0.4 is 16.4 Å². The number of phenols is 1. The van der Waals surface area contributed by atoms with Crippen LogP contribution in [0.4, 0.5) is 21.9 Å². The van der Waals surface area contributed by atoms with Crippen LogP contribution in [-0.4, -0.2) is 23.4 Å². The van der Waals surface area contributed by atoms with Crippen molar-refractivity contribution in [2.24, 2.45) is 5.92 Å². The minimum atomic E-state index is -0.688. The van der Waals surface area contributed by atoms with Gasteiger partial charge in [-0.1, -0.05) is 25.1 Å². The molecule has 5 N–H and O–H groups in total. The maximum absolute atomic E-state index is 12.8. The zero-order valence-electron chi connectivity index (χ0n) is 20.6. The third-order valence-electron chi connectivity index (χ3n) is 5.66. The third kappa shape index (κ3) is 8.71. The highest BCUT2D eigenvalue weighted by atomic mass is 127. The van der Waals surface area contributed by atoms with Gasteiger partial charge in [0.15, 0.2) is 0 Å². The van der Waals surface area contributed by atoms with Crippen LogP contribution in [0.1, 0.15) is 31.4 Å². The molecular formula is C28H30IN3O4S. The Labute approximate surface area is 235 Å². The monoisotopic (exact) mass is 631 g/mol. The molecule has 37 heavy (non-hydrogen) atoms. The van der Waals surface area contributed by atoms with E-state index in [0.717, 1.165) is 8.47 Å². The molecule has 3 aromatic carbocycles. The van der Waals surface area contributed by atoms with Gasteiger partial charge in [-0.05, 0) is 108 Å². The number of phenolic OH excluding ortho intramolecular Hbond substituents is 1. The van der Waals surface area contributed by atoms with Crippen LogP contribution in [0.5, 0.6) is 5.75 Å².